The summed E-state index contributed by atoms with van der Waals surface area (Å²) in [4.78, 5) is 29.5. The molecule has 1 heterocycles. The second-order valence-corrected chi connectivity index (χ2v) is 6.27. The minimum Gasteiger partial charge on any atom is -0.480 e. The summed E-state index contributed by atoms with van der Waals surface area (Å²) < 4.78 is 0. The lowest BCUT2D eigenvalue weighted by molar-refractivity contribution is -0.139. The van der Waals surface area contributed by atoms with Gasteiger partial charge in [0, 0.05) is 25.0 Å². The van der Waals surface area contributed by atoms with Crippen LogP contribution >= 0.6 is 11.3 Å². The van der Waals surface area contributed by atoms with E-state index in [1.54, 1.807) is 28.2 Å². The van der Waals surface area contributed by atoms with Crippen LogP contribution in [0.2, 0.25) is 0 Å². The summed E-state index contributed by atoms with van der Waals surface area (Å²) in [5, 5.41) is 10.9. The van der Waals surface area contributed by atoms with Crippen molar-refractivity contribution < 1.29 is 14.7 Å². The van der Waals surface area contributed by atoms with Crippen molar-refractivity contribution in [3.63, 3.8) is 0 Å². The summed E-state index contributed by atoms with van der Waals surface area (Å²) in [5.74, 6) is -0.981. The number of carbonyl (C=O) groups excluding carboxylic acids is 1. The van der Waals surface area contributed by atoms with Crippen molar-refractivity contribution >= 4 is 23.2 Å². The van der Waals surface area contributed by atoms with Crippen LogP contribution in [0.15, 0.2) is 17.5 Å². The quantitative estimate of drug-likeness (QED) is 0.725. The molecule has 0 aliphatic carbocycles. The van der Waals surface area contributed by atoms with Crippen molar-refractivity contribution in [3.05, 3.63) is 22.4 Å². The predicted molar refractivity (Wildman–Crippen MR) is 83.4 cm³/mol. The van der Waals surface area contributed by atoms with E-state index in [0.717, 1.165) is 11.4 Å². The molecular formula is C14H23N3O3S. The van der Waals surface area contributed by atoms with E-state index < -0.39 is 5.97 Å². The van der Waals surface area contributed by atoms with E-state index in [2.05, 4.69) is 0 Å². The number of carboxylic acids is 1. The van der Waals surface area contributed by atoms with Gasteiger partial charge in [-0.25, -0.2) is 0 Å². The minimum atomic E-state index is -0.914. The van der Waals surface area contributed by atoms with Crippen LogP contribution in [0, 0.1) is 0 Å². The fourth-order valence-corrected chi connectivity index (χ4v) is 2.54. The monoisotopic (exact) mass is 313 g/mol. The fraction of sp³-hybridized carbons (Fsp3) is 0.571. The Balaban J connectivity index is 2.51. The number of amides is 1. The minimum absolute atomic E-state index is 0.0663. The highest BCUT2D eigenvalue weighted by Gasteiger charge is 2.17. The molecular weight excluding hydrogens is 290 g/mol. The number of hydrogen-bond acceptors (Lipinski definition) is 5. The van der Waals surface area contributed by atoms with Gasteiger partial charge in [-0.1, -0.05) is 6.07 Å². The van der Waals surface area contributed by atoms with Crippen LogP contribution in [-0.2, 0) is 16.1 Å². The van der Waals surface area contributed by atoms with Crippen LogP contribution in [-0.4, -0.2) is 79.0 Å². The number of nitrogens with zero attached hydrogens (tertiary/aromatic N) is 3. The van der Waals surface area contributed by atoms with E-state index in [9.17, 15) is 9.59 Å². The smallest absolute Gasteiger partial charge is 0.317 e. The van der Waals surface area contributed by atoms with Gasteiger partial charge in [-0.3, -0.25) is 14.5 Å². The van der Waals surface area contributed by atoms with Crippen LogP contribution in [0.4, 0.5) is 0 Å². The van der Waals surface area contributed by atoms with Gasteiger partial charge in [-0.05, 0) is 25.5 Å². The molecule has 0 saturated carbocycles. The molecule has 0 aliphatic rings. The first-order valence-electron chi connectivity index (χ1n) is 6.73. The van der Waals surface area contributed by atoms with Gasteiger partial charge in [-0.2, -0.15) is 0 Å². The van der Waals surface area contributed by atoms with Crippen molar-refractivity contribution in [1.29, 1.82) is 0 Å². The normalized spacial score (nSPS) is 11.1. The van der Waals surface area contributed by atoms with E-state index in [1.807, 2.05) is 36.5 Å². The third-order valence-electron chi connectivity index (χ3n) is 2.98. The van der Waals surface area contributed by atoms with Gasteiger partial charge in [0.2, 0.25) is 5.91 Å². The first-order valence-corrected chi connectivity index (χ1v) is 7.61. The van der Waals surface area contributed by atoms with Crippen molar-refractivity contribution in [2.75, 3.05) is 47.3 Å². The van der Waals surface area contributed by atoms with Crippen molar-refractivity contribution in [1.82, 2.24) is 14.7 Å². The summed E-state index contributed by atoms with van der Waals surface area (Å²) in [5.41, 5.74) is 0. The Labute approximate surface area is 129 Å². The fourth-order valence-electron chi connectivity index (χ4n) is 1.78. The van der Waals surface area contributed by atoms with Crippen LogP contribution in [0.25, 0.3) is 0 Å². The van der Waals surface area contributed by atoms with E-state index in [4.69, 9.17) is 5.11 Å². The first-order chi connectivity index (χ1) is 9.88. The van der Waals surface area contributed by atoms with E-state index in [1.165, 1.54) is 0 Å². The number of thiophene rings is 1. The lowest BCUT2D eigenvalue weighted by Crippen LogP contribution is -2.42. The molecule has 0 aromatic carbocycles. The Morgan fingerprint density at radius 1 is 1.19 bits per heavy atom. The molecule has 1 aromatic heterocycles. The summed E-state index contributed by atoms with van der Waals surface area (Å²) in [6, 6.07) is 3.93. The third kappa shape index (κ3) is 7.22. The van der Waals surface area contributed by atoms with Crippen molar-refractivity contribution in [3.8, 4) is 0 Å². The highest BCUT2D eigenvalue weighted by molar-refractivity contribution is 7.09. The van der Waals surface area contributed by atoms with Gasteiger partial charge in [0.05, 0.1) is 19.6 Å². The van der Waals surface area contributed by atoms with Gasteiger partial charge in [0.15, 0.2) is 0 Å². The standard InChI is InChI=1S/C14H23N3O3S/c1-15(2)6-7-17(11-14(19)20)10-13(18)16(3)9-12-5-4-8-21-12/h4-5,8H,6-7,9-11H2,1-3H3,(H,19,20). The highest BCUT2D eigenvalue weighted by Crippen LogP contribution is 2.11. The van der Waals surface area contributed by atoms with Gasteiger partial charge >= 0.3 is 5.97 Å². The van der Waals surface area contributed by atoms with E-state index >= 15 is 0 Å². The molecule has 7 heteroatoms. The zero-order chi connectivity index (χ0) is 15.8. The maximum absolute atomic E-state index is 12.2. The Hall–Kier alpha value is -1.44. The van der Waals surface area contributed by atoms with Crippen LogP contribution in [0.1, 0.15) is 4.88 Å². The second-order valence-electron chi connectivity index (χ2n) is 5.24. The van der Waals surface area contributed by atoms with Crippen molar-refractivity contribution in [2.24, 2.45) is 0 Å². The lowest BCUT2D eigenvalue weighted by atomic mass is 10.3. The SMILES string of the molecule is CN(C)CCN(CC(=O)O)CC(=O)N(C)Cc1cccs1. The molecule has 1 N–H and O–H groups in total. The van der Waals surface area contributed by atoms with Gasteiger partial charge in [0.1, 0.15) is 0 Å². The molecule has 0 saturated heterocycles. The molecule has 118 valence electrons. The molecule has 0 bridgehead atoms. The molecule has 0 unspecified atom stereocenters. The van der Waals surface area contributed by atoms with Crippen molar-refractivity contribution in [2.45, 2.75) is 6.54 Å². The molecule has 1 aromatic rings. The molecule has 0 radical (unpaired) electrons. The zero-order valence-electron chi connectivity index (χ0n) is 12.8. The molecule has 21 heavy (non-hydrogen) atoms. The molecule has 0 atom stereocenters. The van der Waals surface area contributed by atoms with Crippen LogP contribution in [0.3, 0.4) is 0 Å². The lowest BCUT2D eigenvalue weighted by Gasteiger charge is -2.24. The number of carboxylic acid groups (broad SMARTS) is 1. The second kappa shape index (κ2) is 8.76. The number of carbonyl (C=O) groups is 2. The Morgan fingerprint density at radius 2 is 1.90 bits per heavy atom. The molecule has 6 nitrogen and oxygen atoms in total. The number of hydrogen-bond donors (Lipinski definition) is 1. The summed E-state index contributed by atoms with van der Waals surface area (Å²) >= 11 is 1.60. The van der Waals surface area contributed by atoms with E-state index in [-0.39, 0.29) is 19.0 Å². The molecule has 1 rings (SSSR count). The maximum Gasteiger partial charge on any atom is 0.317 e. The number of aliphatic carboxylic acids is 1. The number of rotatable bonds is 9. The average Bonchev–Trinajstić information content (AvgIpc) is 2.87. The highest BCUT2D eigenvalue weighted by atomic mass is 32.1. The Kier molecular flexibility index (Phi) is 7.35. The summed E-state index contributed by atoms with van der Waals surface area (Å²) in [6.45, 7) is 1.84. The Morgan fingerprint density at radius 3 is 2.43 bits per heavy atom. The Bertz CT molecular complexity index is 448. The summed E-state index contributed by atoms with van der Waals surface area (Å²) in [7, 11) is 5.58. The number of likely N-dealkylation sites (N-methyl/N-ethyl adjacent to an activating group) is 2. The molecule has 0 spiro atoms. The van der Waals surface area contributed by atoms with Gasteiger partial charge in [0.25, 0.3) is 0 Å². The topological polar surface area (TPSA) is 64.1 Å². The molecule has 0 fully saturated rings. The van der Waals surface area contributed by atoms with Crippen LogP contribution in [0.5, 0.6) is 0 Å². The third-order valence-corrected chi connectivity index (χ3v) is 3.84. The van der Waals surface area contributed by atoms with Gasteiger partial charge < -0.3 is 14.9 Å². The zero-order valence-corrected chi connectivity index (χ0v) is 13.6. The van der Waals surface area contributed by atoms with E-state index in [0.29, 0.717) is 13.1 Å². The van der Waals surface area contributed by atoms with Gasteiger partial charge in [-0.15, -0.1) is 11.3 Å². The predicted octanol–water partition coefficient (Wildman–Crippen LogP) is 0.655. The largest absolute Gasteiger partial charge is 0.480 e. The summed E-state index contributed by atoms with van der Waals surface area (Å²) in [6.07, 6.45) is 0. The van der Waals surface area contributed by atoms with Crippen LogP contribution < -0.4 is 0 Å². The maximum atomic E-state index is 12.2. The molecule has 1 amide bonds. The first kappa shape index (κ1) is 17.6. The average molecular weight is 313 g/mol. The molecule has 0 aliphatic heterocycles.